The number of carbonyl (C=O) groups is 1. The summed E-state index contributed by atoms with van der Waals surface area (Å²) in [6.07, 6.45) is 0. The Morgan fingerprint density at radius 3 is 2.44 bits per heavy atom. The summed E-state index contributed by atoms with van der Waals surface area (Å²) in [4.78, 5) is 16.0. The van der Waals surface area contributed by atoms with Crippen LogP contribution < -0.4 is 9.47 Å². The molecule has 0 radical (unpaired) electrons. The standard InChI is InChI=1S/C14H13NO3/c1-10-13(17-2)9-8-12(15-10)14(16)18-11-6-4-3-5-7-11/h3-9H,1-2H3. The van der Waals surface area contributed by atoms with E-state index in [0.29, 0.717) is 17.2 Å². The van der Waals surface area contributed by atoms with Crippen LogP contribution in [0.4, 0.5) is 0 Å². The zero-order valence-corrected chi connectivity index (χ0v) is 10.2. The van der Waals surface area contributed by atoms with Gasteiger partial charge in [-0.1, -0.05) is 18.2 Å². The van der Waals surface area contributed by atoms with Gasteiger partial charge in [-0.05, 0) is 31.2 Å². The Balaban J connectivity index is 2.17. The number of aromatic nitrogens is 1. The molecule has 1 heterocycles. The van der Waals surface area contributed by atoms with Gasteiger partial charge in [-0.3, -0.25) is 0 Å². The Morgan fingerprint density at radius 1 is 1.11 bits per heavy atom. The van der Waals surface area contributed by atoms with Gasteiger partial charge in [-0.2, -0.15) is 0 Å². The molecule has 2 aromatic rings. The van der Waals surface area contributed by atoms with Gasteiger partial charge in [-0.15, -0.1) is 0 Å². The maximum atomic E-state index is 11.8. The Hall–Kier alpha value is -2.36. The topological polar surface area (TPSA) is 48.4 Å². The number of pyridine rings is 1. The average molecular weight is 243 g/mol. The summed E-state index contributed by atoms with van der Waals surface area (Å²) in [5.41, 5.74) is 0.914. The molecule has 0 atom stereocenters. The number of hydrogen-bond donors (Lipinski definition) is 0. The maximum absolute atomic E-state index is 11.8. The minimum Gasteiger partial charge on any atom is -0.495 e. The lowest BCUT2D eigenvalue weighted by atomic mass is 10.3. The molecule has 1 aromatic heterocycles. The number of aryl methyl sites for hydroxylation is 1. The predicted octanol–water partition coefficient (Wildman–Crippen LogP) is 2.62. The van der Waals surface area contributed by atoms with Crippen LogP contribution >= 0.6 is 0 Å². The molecule has 0 bridgehead atoms. The first-order chi connectivity index (χ1) is 8.70. The van der Waals surface area contributed by atoms with Crippen molar-refractivity contribution in [1.29, 1.82) is 0 Å². The van der Waals surface area contributed by atoms with E-state index in [1.165, 1.54) is 0 Å². The Labute approximate surface area is 105 Å². The van der Waals surface area contributed by atoms with Crippen molar-refractivity contribution < 1.29 is 14.3 Å². The van der Waals surface area contributed by atoms with Crippen molar-refractivity contribution in [2.75, 3.05) is 7.11 Å². The van der Waals surface area contributed by atoms with Gasteiger partial charge in [0.15, 0.2) is 0 Å². The number of rotatable bonds is 3. The van der Waals surface area contributed by atoms with Gasteiger partial charge in [0.1, 0.15) is 17.2 Å². The predicted molar refractivity (Wildman–Crippen MR) is 66.9 cm³/mol. The van der Waals surface area contributed by atoms with Gasteiger partial charge in [0.2, 0.25) is 0 Å². The maximum Gasteiger partial charge on any atom is 0.362 e. The largest absolute Gasteiger partial charge is 0.495 e. The van der Waals surface area contributed by atoms with Crippen LogP contribution in [0.5, 0.6) is 11.5 Å². The molecule has 0 fully saturated rings. The summed E-state index contributed by atoms with van der Waals surface area (Å²) in [5, 5.41) is 0. The molecule has 0 N–H and O–H groups in total. The summed E-state index contributed by atoms with van der Waals surface area (Å²) < 4.78 is 10.3. The van der Waals surface area contributed by atoms with Crippen LogP contribution in [0.2, 0.25) is 0 Å². The van der Waals surface area contributed by atoms with Crippen LogP contribution in [0.3, 0.4) is 0 Å². The molecule has 0 aliphatic heterocycles. The fourth-order valence-electron chi connectivity index (χ4n) is 1.53. The van der Waals surface area contributed by atoms with Gasteiger partial charge in [0, 0.05) is 0 Å². The van der Waals surface area contributed by atoms with Crippen molar-refractivity contribution in [1.82, 2.24) is 4.98 Å². The van der Waals surface area contributed by atoms with E-state index < -0.39 is 5.97 Å². The number of nitrogens with zero attached hydrogens (tertiary/aromatic N) is 1. The number of esters is 1. The van der Waals surface area contributed by atoms with Crippen molar-refractivity contribution in [3.63, 3.8) is 0 Å². The van der Waals surface area contributed by atoms with E-state index in [1.807, 2.05) is 6.07 Å². The first kappa shape index (κ1) is 12.1. The minimum absolute atomic E-state index is 0.261. The summed E-state index contributed by atoms with van der Waals surface area (Å²) >= 11 is 0. The second-order valence-electron chi connectivity index (χ2n) is 3.69. The van der Waals surface area contributed by atoms with Crippen LogP contribution in [0.1, 0.15) is 16.2 Å². The zero-order valence-electron chi connectivity index (χ0n) is 10.2. The Bertz CT molecular complexity index is 552. The van der Waals surface area contributed by atoms with Crippen LogP contribution in [-0.2, 0) is 0 Å². The molecule has 2 rings (SSSR count). The van der Waals surface area contributed by atoms with Crippen LogP contribution in [-0.4, -0.2) is 18.1 Å². The smallest absolute Gasteiger partial charge is 0.362 e. The normalized spacial score (nSPS) is 9.89. The fourth-order valence-corrected chi connectivity index (χ4v) is 1.53. The van der Waals surface area contributed by atoms with Gasteiger partial charge in [0.25, 0.3) is 0 Å². The third-order valence-corrected chi connectivity index (χ3v) is 2.42. The highest BCUT2D eigenvalue weighted by Crippen LogP contribution is 2.16. The molecule has 18 heavy (non-hydrogen) atoms. The highest BCUT2D eigenvalue weighted by atomic mass is 16.5. The Kier molecular flexibility index (Phi) is 3.57. The van der Waals surface area contributed by atoms with Gasteiger partial charge < -0.3 is 9.47 Å². The van der Waals surface area contributed by atoms with Crippen molar-refractivity contribution >= 4 is 5.97 Å². The molecule has 4 heteroatoms. The molecule has 0 amide bonds. The summed E-state index contributed by atoms with van der Waals surface area (Å²) in [5.74, 6) is 0.663. The quantitative estimate of drug-likeness (QED) is 0.614. The van der Waals surface area contributed by atoms with Gasteiger partial charge in [0.05, 0.1) is 12.8 Å². The lowest BCUT2D eigenvalue weighted by Crippen LogP contribution is -2.11. The molecule has 0 unspecified atom stereocenters. The van der Waals surface area contributed by atoms with E-state index in [9.17, 15) is 4.79 Å². The van der Waals surface area contributed by atoms with Crippen molar-refractivity contribution in [3.05, 3.63) is 53.9 Å². The van der Waals surface area contributed by atoms with E-state index in [2.05, 4.69) is 4.98 Å². The number of para-hydroxylation sites is 1. The number of hydrogen-bond acceptors (Lipinski definition) is 4. The van der Waals surface area contributed by atoms with Crippen molar-refractivity contribution in [3.8, 4) is 11.5 Å². The summed E-state index contributed by atoms with van der Waals surface area (Å²) in [7, 11) is 1.56. The second kappa shape index (κ2) is 5.31. The highest BCUT2D eigenvalue weighted by Gasteiger charge is 2.12. The van der Waals surface area contributed by atoms with Gasteiger partial charge >= 0.3 is 5.97 Å². The number of carbonyl (C=O) groups excluding carboxylic acids is 1. The molecule has 4 nitrogen and oxygen atoms in total. The number of benzene rings is 1. The fraction of sp³-hybridized carbons (Fsp3) is 0.143. The third kappa shape index (κ3) is 2.66. The van der Waals surface area contributed by atoms with E-state index in [-0.39, 0.29) is 5.69 Å². The molecular weight excluding hydrogens is 230 g/mol. The van der Waals surface area contributed by atoms with E-state index in [4.69, 9.17) is 9.47 Å². The molecule has 0 saturated carbocycles. The second-order valence-corrected chi connectivity index (χ2v) is 3.69. The van der Waals surface area contributed by atoms with Crippen molar-refractivity contribution in [2.24, 2.45) is 0 Å². The SMILES string of the molecule is COc1ccc(C(=O)Oc2ccccc2)nc1C. The summed E-state index contributed by atoms with van der Waals surface area (Å²) in [6, 6.07) is 12.2. The number of ether oxygens (including phenoxy) is 2. The van der Waals surface area contributed by atoms with Crippen LogP contribution in [0.15, 0.2) is 42.5 Å². The van der Waals surface area contributed by atoms with Gasteiger partial charge in [-0.25, -0.2) is 9.78 Å². The monoisotopic (exact) mass is 243 g/mol. The molecule has 92 valence electrons. The Morgan fingerprint density at radius 2 is 1.83 bits per heavy atom. The highest BCUT2D eigenvalue weighted by molar-refractivity contribution is 5.89. The van der Waals surface area contributed by atoms with Crippen LogP contribution in [0, 0.1) is 6.92 Å². The first-order valence-corrected chi connectivity index (χ1v) is 5.49. The van der Waals surface area contributed by atoms with E-state index >= 15 is 0 Å². The first-order valence-electron chi connectivity index (χ1n) is 5.49. The lowest BCUT2D eigenvalue weighted by molar-refractivity contribution is 0.0728. The lowest BCUT2D eigenvalue weighted by Gasteiger charge is -2.06. The zero-order chi connectivity index (χ0) is 13.0. The summed E-state index contributed by atoms with van der Waals surface area (Å²) in [6.45, 7) is 1.78. The van der Waals surface area contributed by atoms with Crippen molar-refractivity contribution in [2.45, 2.75) is 6.92 Å². The third-order valence-electron chi connectivity index (χ3n) is 2.42. The minimum atomic E-state index is -0.480. The molecule has 1 aromatic carbocycles. The van der Waals surface area contributed by atoms with Crippen LogP contribution in [0.25, 0.3) is 0 Å². The van der Waals surface area contributed by atoms with E-state index in [0.717, 1.165) is 0 Å². The molecule has 0 spiro atoms. The molecule has 0 aliphatic rings. The molecule has 0 aliphatic carbocycles. The number of methoxy groups -OCH3 is 1. The molecular formula is C14H13NO3. The van der Waals surface area contributed by atoms with E-state index in [1.54, 1.807) is 50.4 Å². The molecule has 0 saturated heterocycles. The average Bonchev–Trinajstić information content (AvgIpc) is 2.39.